The summed E-state index contributed by atoms with van der Waals surface area (Å²) in [5.74, 6) is -0.702. The molecule has 0 radical (unpaired) electrons. The molecule has 138 valence electrons. The van der Waals surface area contributed by atoms with Crippen molar-refractivity contribution in [2.24, 2.45) is 10.7 Å². The van der Waals surface area contributed by atoms with Gasteiger partial charge in [0, 0.05) is 0 Å². The number of hydrazine groups is 1. The summed E-state index contributed by atoms with van der Waals surface area (Å²) in [7, 11) is 1.39. The number of aliphatic imine (C=N–C) groups is 1. The number of anilines is 1. The molecule has 0 amide bonds. The summed E-state index contributed by atoms with van der Waals surface area (Å²) in [6.45, 7) is 0. The van der Waals surface area contributed by atoms with Gasteiger partial charge in [0.2, 0.25) is 5.78 Å². The molecule has 1 aliphatic rings. The first kappa shape index (κ1) is 18.3. The highest BCUT2D eigenvalue weighted by Gasteiger charge is 2.33. The lowest BCUT2D eigenvalue weighted by Gasteiger charge is -2.32. The van der Waals surface area contributed by atoms with Crippen LogP contribution in [0.25, 0.3) is 0 Å². The Morgan fingerprint density at radius 3 is 2.59 bits per heavy atom. The van der Waals surface area contributed by atoms with Crippen molar-refractivity contribution in [2.45, 2.75) is 6.04 Å². The third-order valence-corrected chi connectivity index (χ3v) is 3.93. The minimum Gasteiger partial charge on any atom is -0.491 e. The van der Waals surface area contributed by atoms with E-state index < -0.39 is 11.9 Å². The second-order valence-corrected chi connectivity index (χ2v) is 5.68. The first-order valence-electron chi connectivity index (χ1n) is 8.26. The molecule has 0 bridgehead atoms. The van der Waals surface area contributed by atoms with Crippen molar-refractivity contribution in [3.8, 4) is 0 Å². The van der Waals surface area contributed by atoms with Gasteiger partial charge in [0.15, 0.2) is 5.76 Å². The van der Waals surface area contributed by atoms with E-state index in [1.54, 1.807) is 30.3 Å². The van der Waals surface area contributed by atoms with Gasteiger partial charge < -0.3 is 10.5 Å². The monoisotopic (exact) mass is 366 g/mol. The molecule has 0 saturated heterocycles. The second kappa shape index (κ2) is 8.29. The van der Waals surface area contributed by atoms with Crippen molar-refractivity contribution in [1.29, 1.82) is 0 Å². The van der Waals surface area contributed by atoms with Crippen molar-refractivity contribution in [2.75, 3.05) is 12.1 Å². The van der Waals surface area contributed by atoms with Crippen LogP contribution in [0.5, 0.6) is 0 Å². The summed E-state index contributed by atoms with van der Waals surface area (Å²) >= 11 is 0. The number of hydrogen-bond donors (Lipinski definition) is 2. The van der Waals surface area contributed by atoms with E-state index in [4.69, 9.17) is 10.5 Å². The fourth-order valence-electron chi connectivity index (χ4n) is 2.65. The van der Waals surface area contributed by atoms with Gasteiger partial charge in [0.25, 0.3) is 0 Å². The Kier molecular flexibility index (Phi) is 5.63. The van der Waals surface area contributed by atoms with E-state index in [-0.39, 0.29) is 17.2 Å². The third-order valence-electron chi connectivity index (χ3n) is 3.93. The Bertz CT molecular complexity index is 909. The lowest BCUT2D eigenvalue weighted by molar-refractivity contribution is -0.119. The predicted octanol–water partition coefficient (Wildman–Crippen LogP) is 2.82. The highest BCUT2D eigenvalue weighted by molar-refractivity contribution is 6.20. The highest BCUT2D eigenvalue weighted by atomic mass is 19.1. The molecule has 1 aliphatic heterocycles. The summed E-state index contributed by atoms with van der Waals surface area (Å²) in [5.41, 5.74) is 9.81. The maximum atomic E-state index is 14.2. The van der Waals surface area contributed by atoms with Crippen LogP contribution >= 0.6 is 0 Å². The van der Waals surface area contributed by atoms with Crippen LogP contribution in [0.2, 0.25) is 0 Å². The average molecular weight is 366 g/mol. The van der Waals surface area contributed by atoms with E-state index in [2.05, 4.69) is 10.4 Å². The molecule has 1 atom stereocenters. The number of rotatable bonds is 5. The van der Waals surface area contributed by atoms with Crippen molar-refractivity contribution >= 4 is 22.9 Å². The molecule has 3 rings (SSSR count). The van der Waals surface area contributed by atoms with Gasteiger partial charge in [-0.15, -0.1) is 0 Å². The number of ether oxygens (including phenoxy) is 1. The lowest BCUT2D eigenvalue weighted by atomic mass is 10.0. The maximum Gasteiger partial charge on any atom is 0.223 e. The van der Waals surface area contributed by atoms with Crippen LogP contribution in [0.3, 0.4) is 0 Å². The van der Waals surface area contributed by atoms with E-state index in [1.807, 2.05) is 18.2 Å². The molecule has 0 aliphatic carbocycles. The number of benzene rings is 2. The number of carbonyl (C=O) groups is 1. The first-order chi connectivity index (χ1) is 13.1. The van der Waals surface area contributed by atoms with E-state index in [9.17, 15) is 9.18 Å². The molecule has 27 heavy (non-hydrogen) atoms. The summed E-state index contributed by atoms with van der Waals surface area (Å²) in [6, 6.07) is 14.5. The third kappa shape index (κ3) is 4.04. The zero-order valence-corrected chi connectivity index (χ0v) is 14.7. The molecule has 3 N–H and O–H groups in total. The van der Waals surface area contributed by atoms with Crippen LogP contribution in [0.15, 0.2) is 83.8 Å². The van der Waals surface area contributed by atoms with Crippen LogP contribution in [-0.4, -0.2) is 24.6 Å². The fourth-order valence-corrected chi connectivity index (χ4v) is 2.65. The number of nitrogens with one attached hydrogen (secondary N) is 1. The van der Waals surface area contributed by atoms with E-state index in [0.29, 0.717) is 11.4 Å². The molecule has 0 saturated carbocycles. The number of Topliss-reactive ketones (excluding diaryl/α,β-unsaturated/α-hetero) is 1. The maximum absolute atomic E-state index is 14.2. The number of para-hydroxylation sites is 2. The molecule has 0 spiro atoms. The van der Waals surface area contributed by atoms with Crippen LogP contribution in [0.4, 0.5) is 15.8 Å². The zero-order valence-electron chi connectivity index (χ0n) is 14.7. The van der Waals surface area contributed by atoms with Gasteiger partial charge >= 0.3 is 0 Å². The molecule has 6 nitrogen and oxygen atoms in total. The molecule has 1 unspecified atom stereocenters. The average Bonchev–Trinajstić information content (AvgIpc) is 2.69. The number of ketones is 1. The number of halogens is 1. The Balaban J connectivity index is 2.03. The second-order valence-electron chi connectivity index (χ2n) is 5.68. The quantitative estimate of drug-likeness (QED) is 0.796. The van der Waals surface area contributed by atoms with Crippen LogP contribution in [-0.2, 0) is 9.53 Å². The molecule has 7 heteroatoms. The van der Waals surface area contributed by atoms with Gasteiger partial charge in [-0.3, -0.25) is 14.8 Å². The Morgan fingerprint density at radius 1 is 1.22 bits per heavy atom. The smallest absolute Gasteiger partial charge is 0.223 e. The molecule has 2 aromatic rings. The molecular formula is C20H19FN4O2. The van der Waals surface area contributed by atoms with E-state index in [1.165, 1.54) is 36.7 Å². The minimum atomic E-state index is -0.899. The van der Waals surface area contributed by atoms with E-state index >= 15 is 0 Å². The number of hydrogen-bond acceptors (Lipinski definition) is 6. The molecule has 0 fully saturated rings. The normalized spacial score (nSPS) is 17.9. The molecule has 0 aromatic heterocycles. The SMILES string of the molecule is COC1=CN(c2ccccc2F)NC(C(C=CN)=Nc2ccccc2)C1=O. The summed E-state index contributed by atoms with van der Waals surface area (Å²) in [4.78, 5) is 17.3. The Morgan fingerprint density at radius 2 is 1.93 bits per heavy atom. The topological polar surface area (TPSA) is 79.9 Å². The van der Waals surface area contributed by atoms with Crippen molar-refractivity contribution in [3.63, 3.8) is 0 Å². The number of nitrogens with zero attached hydrogens (tertiary/aromatic N) is 2. The zero-order chi connectivity index (χ0) is 19.2. The molecule has 1 heterocycles. The van der Waals surface area contributed by atoms with Crippen LogP contribution < -0.4 is 16.2 Å². The molecular weight excluding hydrogens is 347 g/mol. The van der Waals surface area contributed by atoms with Crippen LogP contribution in [0, 0.1) is 5.82 Å². The Hall–Kier alpha value is -3.45. The van der Waals surface area contributed by atoms with E-state index in [0.717, 1.165) is 0 Å². The number of carbonyl (C=O) groups excluding carboxylic acids is 1. The van der Waals surface area contributed by atoms with Gasteiger partial charge in [-0.05, 0) is 36.5 Å². The minimum absolute atomic E-state index is 0.0770. The lowest BCUT2D eigenvalue weighted by Crippen LogP contribution is -2.54. The predicted molar refractivity (Wildman–Crippen MR) is 103 cm³/mol. The van der Waals surface area contributed by atoms with Gasteiger partial charge in [-0.2, -0.15) is 0 Å². The van der Waals surface area contributed by atoms with Gasteiger partial charge in [-0.1, -0.05) is 30.3 Å². The Labute approximate surface area is 156 Å². The van der Waals surface area contributed by atoms with Crippen molar-refractivity contribution < 1.29 is 13.9 Å². The van der Waals surface area contributed by atoms with Crippen molar-refractivity contribution in [3.05, 3.63) is 84.6 Å². The standard InChI is InChI=1S/C20H19FN4O2/c1-27-18-13-25(17-10-6-5-9-15(17)21)24-19(20(18)26)16(11-12-22)23-14-7-3-2-4-8-14/h2-13,19,24H,22H2,1H3. The number of nitrogens with two attached hydrogens (primary N) is 1. The van der Waals surface area contributed by atoms with Gasteiger partial charge in [-0.25, -0.2) is 9.82 Å². The highest BCUT2D eigenvalue weighted by Crippen LogP contribution is 2.23. The van der Waals surface area contributed by atoms with Crippen molar-refractivity contribution in [1.82, 2.24) is 5.43 Å². The van der Waals surface area contributed by atoms with Crippen LogP contribution in [0.1, 0.15) is 0 Å². The summed E-state index contributed by atoms with van der Waals surface area (Å²) < 4.78 is 19.4. The fraction of sp³-hybridized carbons (Fsp3) is 0.100. The molecule has 2 aromatic carbocycles. The number of methoxy groups -OCH3 is 1. The van der Waals surface area contributed by atoms with Gasteiger partial charge in [0.05, 0.1) is 30.4 Å². The summed E-state index contributed by atoms with van der Waals surface area (Å²) in [6.07, 6.45) is 4.24. The summed E-state index contributed by atoms with van der Waals surface area (Å²) in [5, 5.41) is 1.41. The van der Waals surface area contributed by atoms with Gasteiger partial charge in [0.1, 0.15) is 11.9 Å². The largest absolute Gasteiger partial charge is 0.491 e. The first-order valence-corrected chi connectivity index (χ1v) is 8.26.